The van der Waals surface area contributed by atoms with Gasteiger partial charge in [-0.3, -0.25) is 9.59 Å². The fourth-order valence-corrected chi connectivity index (χ4v) is 3.78. The van der Waals surface area contributed by atoms with Crippen LogP contribution in [0.5, 0.6) is 0 Å². The lowest BCUT2D eigenvalue weighted by atomic mass is 10.1. The second-order valence-electron chi connectivity index (χ2n) is 8.04. The molecule has 28 heavy (non-hydrogen) atoms. The summed E-state index contributed by atoms with van der Waals surface area (Å²) in [5.41, 5.74) is 2.54. The molecule has 1 fully saturated rings. The standard InChI is InChI=1S/C23H25ClN2O2/c1-14(2)13-16-20(23(16,3)4)22(28)25-18-11-7-5-9-15(18)21(27)26-19-12-8-6-10-17(19)24/h5-13,16,20H,1-4H3,(H,25,28)(H,26,27). The first kappa shape index (κ1) is 20.2. The van der Waals surface area contributed by atoms with Gasteiger partial charge in [-0.15, -0.1) is 0 Å². The summed E-state index contributed by atoms with van der Waals surface area (Å²) in [6, 6.07) is 14.0. The van der Waals surface area contributed by atoms with Gasteiger partial charge < -0.3 is 10.6 Å². The quantitative estimate of drug-likeness (QED) is 0.630. The summed E-state index contributed by atoms with van der Waals surface area (Å²) in [7, 11) is 0. The molecule has 2 atom stereocenters. The van der Waals surface area contributed by atoms with Crippen LogP contribution < -0.4 is 10.6 Å². The summed E-state index contributed by atoms with van der Waals surface area (Å²) < 4.78 is 0. The lowest BCUT2D eigenvalue weighted by molar-refractivity contribution is -0.118. The van der Waals surface area contributed by atoms with E-state index in [0.29, 0.717) is 22.0 Å². The highest BCUT2D eigenvalue weighted by Crippen LogP contribution is 2.59. The number of para-hydroxylation sites is 2. The highest BCUT2D eigenvalue weighted by Gasteiger charge is 2.60. The van der Waals surface area contributed by atoms with Crippen molar-refractivity contribution >= 4 is 34.8 Å². The monoisotopic (exact) mass is 396 g/mol. The molecule has 2 aromatic rings. The Bertz CT molecular complexity index is 945. The largest absolute Gasteiger partial charge is 0.325 e. The maximum atomic E-state index is 12.9. The molecule has 2 N–H and O–H groups in total. The summed E-state index contributed by atoms with van der Waals surface area (Å²) in [4.78, 5) is 25.6. The van der Waals surface area contributed by atoms with Crippen molar-refractivity contribution in [3.8, 4) is 0 Å². The Labute approximate surface area is 171 Å². The molecular weight excluding hydrogens is 372 g/mol. The van der Waals surface area contributed by atoms with E-state index < -0.39 is 0 Å². The summed E-state index contributed by atoms with van der Waals surface area (Å²) in [6.07, 6.45) is 2.15. The molecule has 0 heterocycles. The molecule has 5 heteroatoms. The molecule has 2 amide bonds. The van der Waals surface area contributed by atoms with Gasteiger partial charge >= 0.3 is 0 Å². The van der Waals surface area contributed by atoms with E-state index in [1.807, 2.05) is 13.8 Å². The van der Waals surface area contributed by atoms with Crippen LogP contribution in [0.2, 0.25) is 5.02 Å². The van der Waals surface area contributed by atoms with Crippen molar-refractivity contribution in [3.63, 3.8) is 0 Å². The molecule has 0 bridgehead atoms. The second-order valence-corrected chi connectivity index (χ2v) is 8.44. The van der Waals surface area contributed by atoms with Crippen LogP contribution in [0.15, 0.2) is 60.2 Å². The third-order valence-electron chi connectivity index (χ3n) is 5.26. The molecular formula is C23H25ClN2O2. The molecule has 4 nitrogen and oxygen atoms in total. The summed E-state index contributed by atoms with van der Waals surface area (Å²) in [5, 5.41) is 6.21. The van der Waals surface area contributed by atoms with E-state index in [4.69, 9.17) is 11.6 Å². The number of allylic oxidation sites excluding steroid dienone is 2. The lowest BCUT2D eigenvalue weighted by Crippen LogP contribution is -2.20. The van der Waals surface area contributed by atoms with Gasteiger partial charge in [-0.2, -0.15) is 0 Å². The van der Waals surface area contributed by atoms with Gasteiger partial charge in [-0.25, -0.2) is 0 Å². The number of benzene rings is 2. The third-order valence-corrected chi connectivity index (χ3v) is 5.59. The number of rotatable bonds is 5. The molecule has 1 aliphatic carbocycles. The van der Waals surface area contributed by atoms with E-state index in [1.165, 1.54) is 5.57 Å². The van der Waals surface area contributed by atoms with Crippen molar-refractivity contribution in [1.29, 1.82) is 0 Å². The number of hydrogen-bond donors (Lipinski definition) is 2. The maximum Gasteiger partial charge on any atom is 0.257 e. The number of carbonyl (C=O) groups is 2. The minimum absolute atomic E-state index is 0.0644. The predicted octanol–water partition coefficient (Wildman–Crippen LogP) is 5.77. The van der Waals surface area contributed by atoms with Crippen LogP contribution in [0.3, 0.4) is 0 Å². The molecule has 0 aliphatic heterocycles. The summed E-state index contributed by atoms with van der Waals surface area (Å²) in [5.74, 6) is -0.283. The van der Waals surface area contributed by atoms with Crippen molar-refractivity contribution in [1.82, 2.24) is 0 Å². The Kier molecular flexibility index (Phi) is 5.61. The van der Waals surface area contributed by atoms with Gasteiger partial charge in [0.05, 0.1) is 27.9 Å². The molecule has 0 spiro atoms. The van der Waals surface area contributed by atoms with Gasteiger partial charge in [0.2, 0.25) is 5.91 Å². The van der Waals surface area contributed by atoms with Crippen LogP contribution in [0.1, 0.15) is 38.1 Å². The Morgan fingerprint density at radius 3 is 2.21 bits per heavy atom. The first-order valence-corrected chi connectivity index (χ1v) is 9.70. The number of anilines is 2. The average Bonchev–Trinajstić information content (AvgIpc) is 3.16. The van der Waals surface area contributed by atoms with E-state index in [2.05, 4.69) is 30.6 Å². The zero-order valence-electron chi connectivity index (χ0n) is 16.5. The normalized spacial score (nSPS) is 19.5. The SMILES string of the molecule is CC(C)=CC1C(C(=O)Nc2ccccc2C(=O)Nc2ccccc2Cl)C1(C)C. The molecule has 1 saturated carbocycles. The molecule has 1 aliphatic rings. The Balaban J connectivity index is 1.78. The summed E-state index contributed by atoms with van der Waals surface area (Å²) in [6.45, 7) is 8.27. The smallest absolute Gasteiger partial charge is 0.257 e. The van der Waals surface area contributed by atoms with Crippen LogP contribution in [0, 0.1) is 17.3 Å². The first-order valence-electron chi connectivity index (χ1n) is 9.32. The number of hydrogen-bond acceptors (Lipinski definition) is 2. The van der Waals surface area contributed by atoms with Crippen molar-refractivity contribution in [2.24, 2.45) is 17.3 Å². The van der Waals surface area contributed by atoms with E-state index in [-0.39, 0.29) is 29.1 Å². The molecule has 2 unspecified atom stereocenters. The van der Waals surface area contributed by atoms with Gasteiger partial charge in [0.1, 0.15) is 0 Å². The van der Waals surface area contributed by atoms with Crippen molar-refractivity contribution in [2.75, 3.05) is 10.6 Å². The van der Waals surface area contributed by atoms with Crippen LogP contribution in [-0.2, 0) is 4.79 Å². The van der Waals surface area contributed by atoms with Crippen molar-refractivity contribution in [3.05, 3.63) is 70.8 Å². The fourth-order valence-electron chi connectivity index (χ4n) is 3.60. The predicted molar refractivity (Wildman–Crippen MR) is 115 cm³/mol. The van der Waals surface area contributed by atoms with E-state index in [0.717, 1.165) is 0 Å². The van der Waals surface area contributed by atoms with Crippen LogP contribution >= 0.6 is 11.6 Å². The second kappa shape index (κ2) is 7.80. The molecule has 0 radical (unpaired) electrons. The highest BCUT2D eigenvalue weighted by atomic mass is 35.5. The molecule has 146 valence electrons. The Morgan fingerprint density at radius 1 is 0.964 bits per heavy atom. The number of nitrogens with one attached hydrogen (secondary N) is 2. The highest BCUT2D eigenvalue weighted by molar-refractivity contribution is 6.34. The Hall–Kier alpha value is -2.59. The minimum Gasteiger partial charge on any atom is -0.325 e. The minimum atomic E-state index is -0.320. The van der Waals surface area contributed by atoms with Gasteiger partial charge in [0.25, 0.3) is 5.91 Å². The van der Waals surface area contributed by atoms with Crippen LogP contribution in [0.4, 0.5) is 11.4 Å². The van der Waals surface area contributed by atoms with Gasteiger partial charge in [0.15, 0.2) is 0 Å². The number of halogens is 1. The average molecular weight is 397 g/mol. The van der Waals surface area contributed by atoms with Gasteiger partial charge in [0, 0.05) is 0 Å². The zero-order valence-corrected chi connectivity index (χ0v) is 17.3. The molecule has 2 aromatic carbocycles. The number of amides is 2. The lowest BCUT2D eigenvalue weighted by Gasteiger charge is -2.12. The molecule has 0 aromatic heterocycles. The van der Waals surface area contributed by atoms with E-state index >= 15 is 0 Å². The van der Waals surface area contributed by atoms with Crippen LogP contribution in [-0.4, -0.2) is 11.8 Å². The third kappa shape index (κ3) is 4.12. The fraction of sp³-hybridized carbons (Fsp3) is 0.304. The molecule has 3 rings (SSSR count). The van der Waals surface area contributed by atoms with Crippen LogP contribution in [0.25, 0.3) is 0 Å². The first-order chi connectivity index (χ1) is 13.2. The van der Waals surface area contributed by atoms with E-state index in [9.17, 15) is 9.59 Å². The van der Waals surface area contributed by atoms with Gasteiger partial charge in [-0.1, -0.05) is 61.4 Å². The van der Waals surface area contributed by atoms with E-state index in [1.54, 1.807) is 48.5 Å². The zero-order chi connectivity index (χ0) is 20.5. The van der Waals surface area contributed by atoms with Crippen molar-refractivity contribution in [2.45, 2.75) is 27.7 Å². The van der Waals surface area contributed by atoms with Gasteiger partial charge in [-0.05, 0) is 49.4 Å². The number of carbonyl (C=O) groups excluding carboxylic acids is 2. The topological polar surface area (TPSA) is 58.2 Å². The molecule has 0 saturated heterocycles. The summed E-state index contributed by atoms with van der Waals surface area (Å²) >= 11 is 6.13. The van der Waals surface area contributed by atoms with Crippen molar-refractivity contribution < 1.29 is 9.59 Å². The Morgan fingerprint density at radius 2 is 1.57 bits per heavy atom. The maximum absolute atomic E-state index is 12.9.